The maximum absolute atomic E-state index is 13.1. The Kier molecular flexibility index (Phi) is 4.26. The third-order valence-corrected chi connectivity index (χ3v) is 5.72. The summed E-state index contributed by atoms with van der Waals surface area (Å²) in [6.07, 6.45) is 6.19. The third-order valence-electron chi connectivity index (χ3n) is 5.72. The lowest BCUT2D eigenvalue weighted by molar-refractivity contribution is -0.117. The van der Waals surface area contributed by atoms with E-state index in [0.717, 1.165) is 49.8 Å². The molecule has 3 aliphatic rings. The molecule has 2 aliphatic carbocycles. The lowest BCUT2D eigenvalue weighted by Crippen LogP contribution is -2.53. The van der Waals surface area contributed by atoms with Gasteiger partial charge in [0.1, 0.15) is 0 Å². The van der Waals surface area contributed by atoms with Crippen LogP contribution in [0, 0.1) is 0 Å². The smallest absolute Gasteiger partial charge is 0.318 e. The minimum Gasteiger partial charge on any atom is -0.351 e. The number of carbonyl (C=O) groups is 2. The van der Waals surface area contributed by atoms with E-state index < -0.39 is 11.6 Å². The van der Waals surface area contributed by atoms with Gasteiger partial charge < -0.3 is 11.1 Å². The van der Waals surface area contributed by atoms with E-state index in [1.807, 2.05) is 18.2 Å². The van der Waals surface area contributed by atoms with Gasteiger partial charge in [-0.3, -0.25) is 10.1 Å². The molecule has 4 N–H and O–H groups in total. The van der Waals surface area contributed by atoms with Gasteiger partial charge in [-0.1, -0.05) is 49.6 Å². The number of benzene rings is 1. The van der Waals surface area contributed by atoms with Crippen molar-refractivity contribution in [2.75, 3.05) is 0 Å². The average molecular weight is 352 g/mol. The van der Waals surface area contributed by atoms with Crippen LogP contribution in [0.15, 0.2) is 46.6 Å². The van der Waals surface area contributed by atoms with Gasteiger partial charge in [-0.05, 0) is 30.7 Å². The lowest BCUT2D eigenvalue weighted by Gasteiger charge is -2.43. The summed E-state index contributed by atoms with van der Waals surface area (Å²) >= 11 is 0. The number of carbonyl (C=O) groups excluding carboxylic acids is 2. The molecule has 1 saturated carbocycles. The van der Waals surface area contributed by atoms with E-state index in [2.05, 4.69) is 22.8 Å². The standard InChI is InChI=1S/C20H24N4O2/c21-18(26)23-19-22-15-11-14(13-7-3-1-4-8-13)12-16(25)17(15)20(24-19)9-5-2-6-10-20/h1,3-4,7-8,14H,2,5-6,9-12H2,(H4,21,22,23,24,26). The van der Waals surface area contributed by atoms with Gasteiger partial charge in [-0.15, -0.1) is 0 Å². The highest BCUT2D eigenvalue weighted by Gasteiger charge is 2.46. The normalized spacial score (nSPS) is 24.5. The summed E-state index contributed by atoms with van der Waals surface area (Å²) in [5, 5.41) is 5.77. The van der Waals surface area contributed by atoms with E-state index >= 15 is 0 Å². The predicted octanol–water partition coefficient (Wildman–Crippen LogP) is 2.72. The Morgan fingerprint density at radius 3 is 2.58 bits per heavy atom. The first kappa shape index (κ1) is 16.8. The molecule has 0 radical (unpaired) electrons. The van der Waals surface area contributed by atoms with Gasteiger partial charge in [0.2, 0.25) is 5.96 Å². The van der Waals surface area contributed by atoms with Crippen molar-refractivity contribution < 1.29 is 9.59 Å². The molecule has 1 spiro atoms. The van der Waals surface area contributed by atoms with E-state index in [1.165, 1.54) is 5.56 Å². The molecule has 6 heteroatoms. The Hall–Kier alpha value is -2.63. The van der Waals surface area contributed by atoms with E-state index in [9.17, 15) is 9.59 Å². The zero-order chi connectivity index (χ0) is 18.1. The number of nitrogens with two attached hydrogens (primary N) is 1. The SMILES string of the molecule is NC(=O)NC1=NC2(CCCCC2)C2=C(CC(c3ccccc3)CC2=O)N1. The van der Waals surface area contributed by atoms with Crippen molar-refractivity contribution in [3.8, 4) is 0 Å². The zero-order valence-corrected chi connectivity index (χ0v) is 14.8. The van der Waals surface area contributed by atoms with Crippen molar-refractivity contribution in [3.05, 3.63) is 47.2 Å². The quantitative estimate of drug-likeness (QED) is 0.725. The Morgan fingerprint density at radius 2 is 1.88 bits per heavy atom. The summed E-state index contributed by atoms with van der Waals surface area (Å²) in [6, 6.07) is 9.48. The molecule has 1 aliphatic heterocycles. The Morgan fingerprint density at radius 1 is 1.15 bits per heavy atom. The summed E-state index contributed by atoms with van der Waals surface area (Å²) in [6.45, 7) is 0. The number of nitrogens with one attached hydrogen (secondary N) is 2. The second-order valence-electron chi connectivity index (χ2n) is 7.46. The molecule has 1 fully saturated rings. The van der Waals surface area contributed by atoms with E-state index in [0.29, 0.717) is 12.4 Å². The number of primary amides is 1. The highest BCUT2D eigenvalue weighted by atomic mass is 16.2. The zero-order valence-electron chi connectivity index (χ0n) is 14.8. The number of hydrogen-bond donors (Lipinski definition) is 3. The average Bonchev–Trinajstić information content (AvgIpc) is 2.62. The number of hydrogen-bond acceptors (Lipinski definition) is 4. The van der Waals surface area contributed by atoms with Crippen molar-refractivity contribution in [2.45, 2.75) is 56.4 Å². The largest absolute Gasteiger partial charge is 0.351 e. The fourth-order valence-electron chi connectivity index (χ4n) is 4.64. The molecular formula is C20H24N4O2. The molecule has 0 aromatic heterocycles. The summed E-state index contributed by atoms with van der Waals surface area (Å²) in [5.41, 5.74) is 7.69. The van der Waals surface area contributed by atoms with Crippen LogP contribution in [0.4, 0.5) is 4.79 Å². The number of nitrogens with zero attached hydrogens (tertiary/aromatic N) is 1. The molecule has 1 aromatic rings. The molecule has 136 valence electrons. The third kappa shape index (κ3) is 3.00. The fourth-order valence-corrected chi connectivity index (χ4v) is 4.64. The Bertz CT molecular complexity index is 791. The highest BCUT2D eigenvalue weighted by molar-refractivity contribution is 6.04. The highest BCUT2D eigenvalue weighted by Crippen LogP contribution is 2.46. The van der Waals surface area contributed by atoms with Crippen LogP contribution in [0.25, 0.3) is 0 Å². The van der Waals surface area contributed by atoms with Crippen molar-refractivity contribution >= 4 is 17.8 Å². The summed E-state index contributed by atoms with van der Waals surface area (Å²) in [7, 11) is 0. The van der Waals surface area contributed by atoms with Crippen LogP contribution in [0.2, 0.25) is 0 Å². The van der Waals surface area contributed by atoms with Gasteiger partial charge in [0.25, 0.3) is 0 Å². The number of fused-ring (bicyclic) bond motifs is 1. The summed E-state index contributed by atoms with van der Waals surface area (Å²) in [4.78, 5) is 29.3. The van der Waals surface area contributed by atoms with Crippen LogP contribution in [0.5, 0.6) is 0 Å². The first-order chi connectivity index (χ1) is 12.6. The van der Waals surface area contributed by atoms with E-state index in [-0.39, 0.29) is 11.7 Å². The lowest BCUT2D eigenvalue weighted by atomic mass is 9.69. The van der Waals surface area contributed by atoms with Crippen molar-refractivity contribution in [1.82, 2.24) is 10.6 Å². The Balaban J connectivity index is 1.71. The van der Waals surface area contributed by atoms with Gasteiger partial charge in [0.15, 0.2) is 5.78 Å². The van der Waals surface area contributed by atoms with Gasteiger partial charge in [0.05, 0.1) is 5.54 Å². The molecule has 1 heterocycles. The second kappa shape index (κ2) is 6.59. The van der Waals surface area contributed by atoms with Crippen LogP contribution in [0.1, 0.15) is 56.4 Å². The first-order valence-corrected chi connectivity index (χ1v) is 9.32. The van der Waals surface area contributed by atoms with Gasteiger partial charge >= 0.3 is 6.03 Å². The molecule has 6 nitrogen and oxygen atoms in total. The minimum absolute atomic E-state index is 0.142. The molecule has 1 unspecified atom stereocenters. The van der Waals surface area contributed by atoms with Crippen molar-refractivity contribution in [3.63, 3.8) is 0 Å². The van der Waals surface area contributed by atoms with Crippen LogP contribution in [0.3, 0.4) is 0 Å². The topological polar surface area (TPSA) is 96.6 Å². The molecule has 0 saturated heterocycles. The molecule has 26 heavy (non-hydrogen) atoms. The van der Waals surface area contributed by atoms with E-state index in [4.69, 9.17) is 10.7 Å². The van der Waals surface area contributed by atoms with Crippen LogP contribution >= 0.6 is 0 Å². The van der Waals surface area contributed by atoms with Crippen molar-refractivity contribution in [2.24, 2.45) is 10.7 Å². The monoisotopic (exact) mass is 352 g/mol. The molecule has 4 rings (SSSR count). The molecular weight excluding hydrogens is 328 g/mol. The minimum atomic E-state index is -0.645. The maximum atomic E-state index is 13.1. The second-order valence-corrected chi connectivity index (χ2v) is 7.46. The summed E-state index contributed by atoms with van der Waals surface area (Å²) < 4.78 is 0. The number of amides is 2. The van der Waals surface area contributed by atoms with E-state index in [1.54, 1.807) is 0 Å². The molecule has 1 atom stereocenters. The van der Waals surface area contributed by atoms with Crippen LogP contribution in [-0.4, -0.2) is 23.3 Å². The van der Waals surface area contributed by atoms with Crippen LogP contribution < -0.4 is 16.4 Å². The predicted molar refractivity (Wildman–Crippen MR) is 99.6 cm³/mol. The van der Waals surface area contributed by atoms with Gasteiger partial charge in [-0.25, -0.2) is 9.79 Å². The number of rotatable bonds is 1. The van der Waals surface area contributed by atoms with Gasteiger partial charge in [-0.2, -0.15) is 0 Å². The number of allylic oxidation sites excluding steroid dienone is 1. The first-order valence-electron chi connectivity index (χ1n) is 9.32. The number of guanidine groups is 1. The number of ketones is 1. The maximum Gasteiger partial charge on any atom is 0.318 e. The molecule has 2 amide bonds. The number of aliphatic imine (C=N–C) groups is 1. The number of Topliss-reactive ketones (excluding diaryl/α,β-unsaturated/α-hetero) is 1. The molecule has 0 bridgehead atoms. The van der Waals surface area contributed by atoms with Crippen molar-refractivity contribution in [1.29, 1.82) is 0 Å². The van der Waals surface area contributed by atoms with Gasteiger partial charge in [0, 0.05) is 17.7 Å². The fraction of sp³-hybridized carbons (Fsp3) is 0.450. The Labute approximate surface area is 152 Å². The van der Waals surface area contributed by atoms with Crippen LogP contribution in [-0.2, 0) is 4.79 Å². The molecule has 1 aromatic carbocycles. The number of urea groups is 1. The summed E-state index contributed by atoms with van der Waals surface area (Å²) in [5.74, 6) is 0.694.